The molecule has 2 nitrogen and oxygen atoms in total. The molecule has 3 rings (SSSR count). The van der Waals surface area contributed by atoms with Crippen LogP contribution in [0.15, 0.2) is 24.3 Å². The van der Waals surface area contributed by atoms with Crippen molar-refractivity contribution in [3.05, 3.63) is 44.8 Å². The van der Waals surface area contributed by atoms with Crippen LogP contribution >= 0.6 is 35.4 Å². The molecule has 0 saturated heterocycles. The topological polar surface area (TPSA) is 28.7 Å². The highest BCUT2D eigenvalue weighted by molar-refractivity contribution is 7.71. The lowest BCUT2D eigenvalue weighted by Gasteiger charge is -2.06. The Bertz CT molecular complexity index is 642. The summed E-state index contributed by atoms with van der Waals surface area (Å²) in [7, 11) is 0. The fourth-order valence-electron chi connectivity index (χ4n) is 1.89. The summed E-state index contributed by atoms with van der Waals surface area (Å²) in [5.74, 6) is 1.50. The van der Waals surface area contributed by atoms with Crippen molar-refractivity contribution in [2.75, 3.05) is 0 Å². The molecule has 0 unspecified atom stereocenters. The van der Waals surface area contributed by atoms with Crippen LogP contribution in [0.1, 0.15) is 24.6 Å². The molecule has 0 amide bonds. The van der Waals surface area contributed by atoms with Crippen molar-refractivity contribution < 1.29 is 0 Å². The second-order valence-corrected chi connectivity index (χ2v) is 5.74. The minimum Gasteiger partial charge on any atom is -0.343 e. The Labute approximate surface area is 120 Å². The molecule has 0 radical (unpaired) electrons. The van der Waals surface area contributed by atoms with E-state index in [0.29, 0.717) is 20.6 Å². The number of nitrogens with one attached hydrogen (secondary N) is 1. The van der Waals surface area contributed by atoms with E-state index in [9.17, 15) is 0 Å². The minimum absolute atomic E-state index is 0.529. The first kappa shape index (κ1) is 12.2. The molecular weight excluding hydrogens is 287 g/mol. The predicted molar refractivity (Wildman–Crippen MR) is 76.9 cm³/mol. The van der Waals surface area contributed by atoms with Gasteiger partial charge in [0.2, 0.25) is 0 Å². The summed E-state index contributed by atoms with van der Waals surface area (Å²) in [5.41, 5.74) is 1.85. The number of rotatable bonds is 2. The van der Waals surface area contributed by atoms with E-state index in [2.05, 4.69) is 9.97 Å². The summed E-state index contributed by atoms with van der Waals surface area (Å²) in [4.78, 5) is 7.68. The highest BCUT2D eigenvalue weighted by atomic mass is 35.5. The van der Waals surface area contributed by atoms with Gasteiger partial charge >= 0.3 is 0 Å². The molecule has 0 spiro atoms. The van der Waals surface area contributed by atoms with Gasteiger partial charge in [-0.05, 0) is 37.1 Å². The van der Waals surface area contributed by atoms with Crippen LogP contribution in [-0.4, -0.2) is 9.97 Å². The Balaban J connectivity index is 2.12. The van der Waals surface area contributed by atoms with Gasteiger partial charge in [0.1, 0.15) is 10.5 Å². The number of hydrogen-bond acceptors (Lipinski definition) is 2. The maximum Gasteiger partial charge on any atom is 0.130 e. The van der Waals surface area contributed by atoms with Crippen LogP contribution < -0.4 is 0 Å². The molecule has 1 fully saturated rings. The fraction of sp³-hybridized carbons (Fsp3) is 0.231. The van der Waals surface area contributed by atoms with Crippen LogP contribution in [0.5, 0.6) is 0 Å². The standard InChI is InChI=1S/C13H10Cl2N2S/c14-9-3-8(4-10(15)5-9)11-6-12(18)17-13(16-11)7-1-2-7/h3-7H,1-2H2,(H,16,17,18). The molecule has 1 N–H and O–H groups in total. The van der Waals surface area contributed by atoms with E-state index in [1.54, 1.807) is 6.07 Å². The summed E-state index contributed by atoms with van der Waals surface area (Å²) in [6.45, 7) is 0. The molecule has 1 aromatic heterocycles. The van der Waals surface area contributed by atoms with E-state index in [0.717, 1.165) is 17.1 Å². The van der Waals surface area contributed by atoms with Gasteiger partial charge in [-0.1, -0.05) is 35.4 Å². The first-order chi connectivity index (χ1) is 8.61. The third kappa shape index (κ3) is 2.58. The summed E-state index contributed by atoms with van der Waals surface area (Å²) < 4.78 is 0.599. The molecule has 0 bridgehead atoms. The van der Waals surface area contributed by atoms with E-state index >= 15 is 0 Å². The lowest BCUT2D eigenvalue weighted by Crippen LogP contribution is -1.95. The zero-order valence-electron chi connectivity index (χ0n) is 9.41. The highest BCUT2D eigenvalue weighted by Gasteiger charge is 2.26. The van der Waals surface area contributed by atoms with E-state index in [1.165, 1.54) is 12.8 Å². The van der Waals surface area contributed by atoms with Gasteiger partial charge in [-0.2, -0.15) is 0 Å². The van der Waals surface area contributed by atoms with E-state index in [1.807, 2.05) is 18.2 Å². The van der Waals surface area contributed by atoms with Gasteiger partial charge in [-0.3, -0.25) is 0 Å². The molecule has 2 aromatic rings. The Morgan fingerprint density at radius 1 is 1.11 bits per heavy atom. The minimum atomic E-state index is 0.529. The zero-order chi connectivity index (χ0) is 12.7. The predicted octanol–water partition coefficient (Wildman–Crippen LogP) is 4.99. The maximum absolute atomic E-state index is 6.01. The molecule has 5 heteroatoms. The van der Waals surface area contributed by atoms with E-state index in [4.69, 9.17) is 35.4 Å². The first-order valence-corrected chi connectivity index (χ1v) is 6.86. The number of H-pyrrole nitrogens is 1. The lowest BCUT2D eigenvalue weighted by atomic mass is 10.1. The zero-order valence-corrected chi connectivity index (χ0v) is 11.7. The largest absolute Gasteiger partial charge is 0.343 e. The van der Waals surface area contributed by atoms with Gasteiger partial charge in [0.25, 0.3) is 0 Å². The van der Waals surface area contributed by atoms with Crippen molar-refractivity contribution in [1.82, 2.24) is 9.97 Å². The maximum atomic E-state index is 6.01. The summed E-state index contributed by atoms with van der Waals surface area (Å²) in [6.07, 6.45) is 2.36. The second kappa shape index (κ2) is 4.65. The van der Waals surface area contributed by atoms with Crippen molar-refractivity contribution in [1.29, 1.82) is 0 Å². The number of nitrogens with zero attached hydrogens (tertiary/aromatic N) is 1. The van der Waals surface area contributed by atoms with Crippen LogP contribution in [0.2, 0.25) is 10.0 Å². The number of aromatic amines is 1. The average Bonchev–Trinajstić information content (AvgIpc) is 3.10. The number of halogens is 2. The van der Waals surface area contributed by atoms with Crippen molar-refractivity contribution in [2.45, 2.75) is 18.8 Å². The molecule has 18 heavy (non-hydrogen) atoms. The quantitative estimate of drug-likeness (QED) is 0.791. The van der Waals surface area contributed by atoms with Crippen molar-refractivity contribution in [3.63, 3.8) is 0 Å². The normalized spacial score (nSPS) is 14.8. The average molecular weight is 297 g/mol. The molecular formula is C13H10Cl2N2S. The van der Waals surface area contributed by atoms with E-state index < -0.39 is 0 Å². The number of benzene rings is 1. The Morgan fingerprint density at radius 3 is 2.39 bits per heavy atom. The Morgan fingerprint density at radius 2 is 1.78 bits per heavy atom. The lowest BCUT2D eigenvalue weighted by molar-refractivity contribution is 0.924. The van der Waals surface area contributed by atoms with Crippen LogP contribution in [0.3, 0.4) is 0 Å². The van der Waals surface area contributed by atoms with Gasteiger partial charge < -0.3 is 4.98 Å². The molecule has 0 atom stereocenters. The summed E-state index contributed by atoms with van der Waals surface area (Å²) in [5, 5.41) is 1.23. The second-order valence-electron chi connectivity index (χ2n) is 4.45. The van der Waals surface area contributed by atoms with Crippen molar-refractivity contribution in [2.24, 2.45) is 0 Å². The molecule has 1 aliphatic carbocycles. The molecule has 1 aromatic carbocycles. The van der Waals surface area contributed by atoms with Gasteiger partial charge in [0.15, 0.2) is 0 Å². The summed E-state index contributed by atoms with van der Waals surface area (Å²) >= 11 is 17.2. The molecule has 0 aliphatic heterocycles. The molecule has 1 saturated carbocycles. The number of hydrogen-bond donors (Lipinski definition) is 1. The van der Waals surface area contributed by atoms with Gasteiger partial charge in [-0.15, -0.1) is 0 Å². The Hall–Kier alpha value is -0.900. The van der Waals surface area contributed by atoms with Gasteiger partial charge in [0.05, 0.1) is 0 Å². The van der Waals surface area contributed by atoms with Crippen molar-refractivity contribution >= 4 is 35.4 Å². The van der Waals surface area contributed by atoms with Crippen LogP contribution in [0.25, 0.3) is 11.3 Å². The first-order valence-electron chi connectivity index (χ1n) is 5.69. The van der Waals surface area contributed by atoms with Gasteiger partial charge in [0, 0.05) is 27.2 Å². The summed E-state index contributed by atoms with van der Waals surface area (Å²) in [6, 6.07) is 7.28. The highest BCUT2D eigenvalue weighted by Crippen LogP contribution is 2.38. The monoisotopic (exact) mass is 296 g/mol. The molecule has 92 valence electrons. The van der Waals surface area contributed by atoms with Crippen LogP contribution in [0.4, 0.5) is 0 Å². The number of aromatic nitrogens is 2. The Kier molecular flexibility index (Phi) is 3.14. The third-order valence-corrected chi connectivity index (χ3v) is 3.54. The van der Waals surface area contributed by atoms with Crippen molar-refractivity contribution in [3.8, 4) is 11.3 Å². The molecule has 1 heterocycles. The van der Waals surface area contributed by atoms with E-state index in [-0.39, 0.29) is 0 Å². The van der Waals surface area contributed by atoms with Gasteiger partial charge in [-0.25, -0.2) is 4.98 Å². The fourth-order valence-corrected chi connectivity index (χ4v) is 2.63. The third-order valence-electron chi connectivity index (χ3n) is 2.90. The smallest absolute Gasteiger partial charge is 0.130 e. The molecule has 1 aliphatic rings. The van der Waals surface area contributed by atoms with Crippen LogP contribution in [0, 0.1) is 4.64 Å². The SMILES string of the molecule is S=c1cc(-c2cc(Cl)cc(Cl)c2)[nH]c(C2CC2)n1. The van der Waals surface area contributed by atoms with Crippen LogP contribution in [-0.2, 0) is 0 Å².